The summed E-state index contributed by atoms with van der Waals surface area (Å²) in [6.45, 7) is 9.77. The first-order valence-electron chi connectivity index (χ1n) is 7.34. The molecule has 2 rings (SSSR count). The van der Waals surface area contributed by atoms with Gasteiger partial charge in [0, 0.05) is 24.7 Å². The summed E-state index contributed by atoms with van der Waals surface area (Å²) in [5, 5.41) is 3.68. The highest BCUT2D eigenvalue weighted by atomic mass is 15.2. The molecule has 3 unspecified atom stereocenters. The Morgan fingerprint density at radius 1 is 0.941 bits per heavy atom. The number of likely N-dealkylation sites (N-methyl/N-ethyl adjacent to an activating group) is 1. The van der Waals surface area contributed by atoms with Gasteiger partial charge in [-0.1, -0.05) is 0 Å². The van der Waals surface area contributed by atoms with Gasteiger partial charge in [0.1, 0.15) is 0 Å². The smallest absolute Gasteiger partial charge is 0.0223 e. The zero-order valence-electron chi connectivity index (χ0n) is 11.8. The van der Waals surface area contributed by atoms with Crippen LogP contribution in [0.3, 0.4) is 0 Å². The Labute approximate surface area is 107 Å². The first-order chi connectivity index (χ1) is 8.15. The van der Waals surface area contributed by atoms with Gasteiger partial charge < -0.3 is 10.2 Å². The van der Waals surface area contributed by atoms with E-state index in [0.717, 1.165) is 6.04 Å². The average Bonchev–Trinajstić information content (AvgIpc) is 2.26. The van der Waals surface area contributed by atoms with Crippen molar-refractivity contribution in [3.63, 3.8) is 0 Å². The lowest BCUT2D eigenvalue weighted by molar-refractivity contribution is 0.0968. The Balaban J connectivity index is 1.89. The van der Waals surface area contributed by atoms with Crippen molar-refractivity contribution in [3.05, 3.63) is 0 Å². The van der Waals surface area contributed by atoms with Gasteiger partial charge in [-0.15, -0.1) is 0 Å². The number of hydrogen-bond acceptors (Lipinski definition) is 3. The molecule has 2 heterocycles. The molecular formula is C14H29N3. The Morgan fingerprint density at radius 3 is 2.18 bits per heavy atom. The highest BCUT2D eigenvalue weighted by Crippen LogP contribution is 2.17. The van der Waals surface area contributed by atoms with Crippen LogP contribution in [0.4, 0.5) is 0 Å². The SMILES string of the molecule is CC1CCN(C2CCCN(C)C2)CCC(C)N1. The minimum atomic E-state index is 0.675. The third kappa shape index (κ3) is 3.94. The number of likely N-dealkylation sites (tertiary alicyclic amines) is 1. The van der Waals surface area contributed by atoms with E-state index in [0.29, 0.717) is 12.1 Å². The topological polar surface area (TPSA) is 18.5 Å². The molecule has 0 aliphatic carbocycles. The van der Waals surface area contributed by atoms with Crippen molar-refractivity contribution in [1.29, 1.82) is 0 Å². The summed E-state index contributed by atoms with van der Waals surface area (Å²) in [6.07, 6.45) is 5.37. The van der Waals surface area contributed by atoms with E-state index in [-0.39, 0.29) is 0 Å². The van der Waals surface area contributed by atoms with Crippen molar-refractivity contribution in [2.45, 2.75) is 57.7 Å². The highest BCUT2D eigenvalue weighted by Gasteiger charge is 2.25. The first kappa shape index (κ1) is 13.3. The van der Waals surface area contributed by atoms with E-state index in [2.05, 4.69) is 36.0 Å². The van der Waals surface area contributed by atoms with E-state index in [4.69, 9.17) is 0 Å². The predicted octanol–water partition coefficient (Wildman–Crippen LogP) is 1.54. The molecule has 0 amide bonds. The van der Waals surface area contributed by atoms with Crippen LogP contribution in [0.1, 0.15) is 39.5 Å². The standard InChI is InChI=1S/C14H29N3/c1-12-6-9-17(10-7-13(2)15-12)14-5-4-8-16(3)11-14/h12-15H,4-11H2,1-3H3. The molecule has 2 aliphatic rings. The summed E-state index contributed by atoms with van der Waals surface area (Å²) in [5.41, 5.74) is 0. The van der Waals surface area contributed by atoms with Crippen molar-refractivity contribution in [2.24, 2.45) is 0 Å². The van der Waals surface area contributed by atoms with E-state index in [9.17, 15) is 0 Å². The summed E-state index contributed by atoms with van der Waals surface area (Å²) < 4.78 is 0. The molecule has 3 heteroatoms. The monoisotopic (exact) mass is 239 g/mol. The van der Waals surface area contributed by atoms with E-state index in [1.807, 2.05) is 0 Å². The molecule has 3 nitrogen and oxygen atoms in total. The second-order valence-corrected chi connectivity index (χ2v) is 6.14. The number of rotatable bonds is 1. The molecule has 2 fully saturated rings. The molecule has 2 saturated heterocycles. The molecule has 0 spiro atoms. The van der Waals surface area contributed by atoms with Crippen LogP contribution in [0.5, 0.6) is 0 Å². The molecule has 3 atom stereocenters. The van der Waals surface area contributed by atoms with Gasteiger partial charge in [-0.25, -0.2) is 0 Å². The molecule has 1 N–H and O–H groups in total. The van der Waals surface area contributed by atoms with E-state index in [1.165, 1.54) is 51.9 Å². The summed E-state index contributed by atoms with van der Waals surface area (Å²) in [7, 11) is 2.27. The largest absolute Gasteiger partial charge is 0.312 e. The minimum Gasteiger partial charge on any atom is -0.312 e. The van der Waals surface area contributed by atoms with Gasteiger partial charge in [0.2, 0.25) is 0 Å². The van der Waals surface area contributed by atoms with E-state index in [1.54, 1.807) is 0 Å². The number of nitrogens with one attached hydrogen (secondary N) is 1. The third-order valence-corrected chi connectivity index (χ3v) is 4.38. The minimum absolute atomic E-state index is 0.675. The Hall–Kier alpha value is -0.120. The zero-order chi connectivity index (χ0) is 12.3. The lowest BCUT2D eigenvalue weighted by Gasteiger charge is -2.40. The molecule has 0 aromatic heterocycles. The van der Waals surface area contributed by atoms with Crippen molar-refractivity contribution in [3.8, 4) is 0 Å². The first-order valence-corrected chi connectivity index (χ1v) is 7.34. The number of piperidine rings is 1. The molecule has 0 aromatic carbocycles. The molecule has 100 valence electrons. The van der Waals surface area contributed by atoms with E-state index < -0.39 is 0 Å². The lowest BCUT2D eigenvalue weighted by Crippen LogP contribution is -2.51. The maximum Gasteiger partial charge on any atom is 0.0223 e. The van der Waals surface area contributed by atoms with Gasteiger partial charge in [-0.2, -0.15) is 0 Å². The summed E-state index contributed by atoms with van der Waals surface area (Å²) in [4.78, 5) is 5.25. The van der Waals surface area contributed by atoms with Crippen LogP contribution in [0.15, 0.2) is 0 Å². The maximum atomic E-state index is 3.68. The lowest BCUT2D eigenvalue weighted by atomic mass is 10.0. The fourth-order valence-corrected chi connectivity index (χ4v) is 3.29. The number of hydrogen-bond donors (Lipinski definition) is 1. The predicted molar refractivity (Wildman–Crippen MR) is 73.4 cm³/mol. The van der Waals surface area contributed by atoms with E-state index >= 15 is 0 Å². The van der Waals surface area contributed by atoms with Crippen molar-refractivity contribution in [1.82, 2.24) is 15.1 Å². The Bertz CT molecular complexity index is 220. The Kier molecular flexibility index (Phi) is 4.83. The average molecular weight is 239 g/mol. The summed E-state index contributed by atoms with van der Waals surface area (Å²) in [5.74, 6) is 0. The van der Waals surface area contributed by atoms with Crippen molar-refractivity contribution in [2.75, 3.05) is 33.2 Å². The molecule has 0 aromatic rings. The normalized spacial score (nSPS) is 38.6. The van der Waals surface area contributed by atoms with Gasteiger partial charge in [0.15, 0.2) is 0 Å². The molecule has 2 aliphatic heterocycles. The second-order valence-electron chi connectivity index (χ2n) is 6.14. The van der Waals surface area contributed by atoms with Crippen molar-refractivity contribution >= 4 is 0 Å². The van der Waals surface area contributed by atoms with Crippen LogP contribution < -0.4 is 5.32 Å². The van der Waals surface area contributed by atoms with Crippen LogP contribution in [-0.4, -0.2) is 61.2 Å². The van der Waals surface area contributed by atoms with Crippen LogP contribution in [0.25, 0.3) is 0 Å². The van der Waals surface area contributed by atoms with Crippen molar-refractivity contribution < 1.29 is 0 Å². The van der Waals surface area contributed by atoms with Gasteiger partial charge >= 0.3 is 0 Å². The molecule has 0 saturated carbocycles. The maximum absolute atomic E-state index is 3.68. The summed E-state index contributed by atoms with van der Waals surface area (Å²) in [6, 6.07) is 2.16. The van der Waals surface area contributed by atoms with Crippen LogP contribution in [0, 0.1) is 0 Å². The van der Waals surface area contributed by atoms with Gasteiger partial charge in [-0.3, -0.25) is 4.90 Å². The number of nitrogens with zero attached hydrogens (tertiary/aromatic N) is 2. The molecular weight excluding hydrogens is 210 g/mol. The fraction of sp³-hybridized carbons (Fsp3) is 1.00. The van der Waals surface area contributed by atoms with Gasteiger partial charge in [-0.05, 0) is 66.2 Å². The zero-order valence-corrected chi connectivity index (χ0v) is 11.8. The van der Waals surface area contributed by atoms with Crippen LogP contribution in [-0.2, 0) is 0 Å². The quantitative estimate of drug-likeness (QED) is 0.749. The van der Waals surface area contributed by atoms with Gasteiger partial charge in [0.05, 0.1) is 0 Å². The van der Waals surface area contributed by atoms with Crippen LogP contribution in [0.2, 0.25) is 0 Å². The van der Waals surface area contributed by atoms with Gasteiger partial charge in [0.25, 0.3) is 0 Å². The highest BCUT2D eigenvalue weighted by molar-refractivity contribution is 4.83. The molecule has 0 bridgehead atoms. The van der Waals surface area contributed by atoms with Crippen LogP contribution >= 0.6 is 0 Å². The Morgan fingerprint density at radius 2 is 1.59 bits per heavy atom. The summed E-state index contributed by atoms with van der Waals surface area (Å²) >= 11 is 0. The third-order valence-electron chi connectivity index (χ3n) is 4.38. The fourth-order valence-electron chi connectivity index (χ4n) is 3.29. The molecule has 17 heavy (non-hydrogen) atoms. The second kappa shape index (κ2) is 6.17. The molecule has 0 radical (unpaired) electrons.